The van der Waals surface area contributed by atoms with E-state index in [2.05, 4.69) is 41.1 Å². The van der Waals surface area contributed by atoms with E-state index in [0.717, 1.165) is 30.6 Å². The number of nitrogen functional groups attached to an aromatic ring is 1. The molecule has 1 aliphatic rings. The van der Waals surface area contributed by atoms with Gasteiger partial charge in [-0.05, 0) is 18.8 Å². The van der Waals surface area contributed by atoms with Gasteiger partial charge >= 0.3 is 0 Å². The number of nitrogens with two attached hydrogens (primary N) is 1. The van der Waals surface area contributed by atoms with Crippen molar-refractivity contribution in [2.24, 2.45) is 11.8 Å². The summed E-state index contributed by atoms with van der Waals surface area (Å²) in [4.78, 5) is 11.4. The topological polar surface area (TPSA) is 67.1 Å². The Morgan fingerprint density at radius 3 is 2.56 bits per heavy atom. The Balaban J connectivity index is 2.23. The molecule has 100 valence electrons. The van der Waals surface area contributed by atoms with Crippen molar-refractivity contribution in [1.29, 1.82) is 0 Å². The lowest BCUT2D eigenvalue weighted by molar-refractivity contribution is 0.436. The van der Waals surface area contributed by atoms with Crippen LogP contribution in [0.4, 0.5) is 11.6 Å². The highest BCUT2D eigenvalue weighted by atomic mass is 15.3. The van der Waals surface area contributed by atoms with Gasteiger partial charge in [0.2, 0.25) is 0 Å². The van der Waals surface area contributed by atoms with Crippen molar-refractivity contribution in [3.63, 3.8) is 0 Å². The predicted molar refractivity (Wildman–Crippen MR) is 74.5 cm³/mol. The summed E-state index contributed by atoms with van der Waals surface area (Å²) in [5.41, 5.74) is 2.63. The second kappa shape index (κ2) is 5.52. The molecule has 0 atom stereocenters. The second-order valence-corrected chi connectivity index (χ2v) is 5.44. The average molecular weight is 249 g/mol. The van der Waals surface area contributed by atoms with Crippen LogP contribution >= 0.6 is 0 Å². The standard InChI is InChI=1S/C13H23N5/c1-9(2)13-15-11(17-14)8-12(16-13)18-6-4-10(3)5-7-18/h8-10H,4-7,14H2,1-3H3,(H,15,16,17). The third-order valence-electron chi connectivity index (χ3n) is 3.50. The molecule has 0 unspecified atom stereocenters. The van der Waals surface area contributed by atoms with Crippen LogP contribution in [-0.2, 0) is 0 Å². The zero-order valence-electron chi connectivity index (χ0n) is 11.5. The summed E-state index contributed by atoms with van der Waals surface area (Å²) in [6.45, 7) is 8.64. The predicted octanol–water partition coefficient (Wildman–Crippen LogP) is 2.12. The lowest BCUT2D eigenvalue weighted by Gasteiger charge is -2.31. The van der Waals surface area contributed by atoms with Crippen LogP contribution in [0.2, 0.25) is 0 Å². The van der Waals surface area contributed by atoms with Gasteiger partial charge in [0.1, 0.15) is 17.5 Å². The van der Waals surface area contributed by atoms with Gasteiger partial charge in [-0.15, -0.1) is 0 Å². The van der Waals surface area contributed by atoms with Crippen molar-refractivity contribution in [1.82, 2.24) is 9.97 Å². The summed E-state index contributed by atoms with van der Waals surface area (Å²) in [5, 5.41) is 0. The Morgan fingerprint density at radius 1 is 1.33 bits per heavy atom. The van der Waals surface area contributed by atoms with Crippen LogP contribution in [0.5, 0.6) is 0 Å². The van der Waals surface area contributed by atoms with Gasteiger partial charge in [0.05, 0.1) is 0 Å². The first-order valence-electron chi connectivity index (χ1n) is 6.70. The smallest absolute Gasteiger partial charge is 0.145 e. The first-order valence-corrected chi connectivity index (χ1v) is 6.70. The molecule has 5 heteroatoms. The normalized spacial score (nSPS) is 17.3. The number of hydrazine groups is 1. The van der Waals surface area contributed by atoms with Crippen molar-refractivity contribution in [3.05, 3.63) is 11.9 Å². The highest BCUT2D eigenvalue weighted by Gasteiger charge is 2.18. The van der Waals surface area contributed by atoms with Crippen LogP contribution < -0.4 is 16.2 Å². The van der Waals surface area contributed by atoms with E-state index < -0.39 is 0 Å². The van der Waals surface area contributed by atoms with Crippen molar-refractivity contribution < 1.29 is 0 Å². The summed E-state index contributed by atoms with van der Waals surface area (Å²) in [7, 11) is 0. The molecule has 0 aromatic carbocycles. The second-order valence-electron chi connectivity index (χ2n) is 5.44. The van der Waals surface area contributed by atoms with E-state index in [-0.39, 0.29) is 0 Å². The van der Waals surface area contributed by atoms with Crippen LogP contribution in [0.1, 0.15) is 45.4 Å². The van der Waals surface area contributed by atoms with E-state index in [1.165, 1.54) is 12.8 Å². The zero-order valence-corrected chi connectivity index (χ0v) is 11.5. The van der Waals surface area contributed by atoms with Crippen LogP contribution in [0, 0.1) is 5.92 Å². The van der Waals surface area contributed by atoms with Gasteiger partial charge in [0.15, 0.2) is 0 Å². The Kier molecular flexibility index (Phi) is 4.01. The number of rotatable bonds is 3. The van der Waals surface area contributed by atoms with Gasteiger partial charge in [0.25, 0.3) is 0 Å². The Hall–Kier alpha value is -1.36. The minimum absolute atomic E-state index is 0.306. The third-order valence-corrected chi connectivity index (χ3v) is 3.50. The van der Waals surface area contributed by atoms with E-state index in [0.29, 0.717) is 11.7 Å². The van der Waals surface area contributed by atoms with E-state index in [9.17, 15) is 0 Å². The molecule has 1 saturated heterocycles. The van der Waals surface area contributed by atoms with E-state index in [4.69, 9.17) is 5.84 Å². The van der Waals surface area contributed by atoms with Crippen molar-refractivity contribution in [2.75, 3.05) is 23.4 Å². The molecular weight excluding hydrogens is 226 g/mol. The van der Waals surface area contributed by atoms with Crippen LogP contribution in [0.25, 0.3) is 0 Å². The molecular formula is C13H23N5. The number of hydrogen-bond donors (Lipinski definition) is 2. The fourth-order valence-electron chi connectivity index (χ4n) is 2.18. The highest BCUT2D eigenvalue weighted by Crippen LogP contribution is 2.24. The maximum absolute atomic E-state index is 5.48. The van der Waals surface area contributed by atoms with Gasteiger partial charge in [-0.1, -0.05) is 20.8 Å². The lowest BCUT2D eigenvalue weighted by atomic mass is 9.99. The summed E-state index contributed by atoms with van der Waals surface area (Å²) >= 11 is 0. The van der Waals surface area contributed by atoms with Crippen LogP contribution in [0.3, 0.4) is 0 Å². The molecule has 2 heterocycles. The molecule has 0 bridgehead atoms. The minimum Gasteiger partial charge on any atom is -0.356 e. The van der Waals surface area contributed by atoms with E-state index >= 15 is 0 Å². The monoisotopic (exact) mass is 249 g/mol. The van der Waals surface area contributed by atoms with Gasteiger partial charge < -0.3 is 10.3 Å². The molecule has 18 heavy (non-hydrogen) atoms. The SMILES string of the molecule is CC1CCN(c2cc(NN)nc(C(C)C)n2)CC1. The van der Waals surface area contributed by atoms with Crippen molar-refractivity contribution in [2.45, 2.75) is 39.5 Å². The number of nitrogens with one attached hydrogen (secondary N) is 1. The van der Waals surface area contributed by atoms with Crippen LogP contribution in [0.15, 0.2) is 6.07 Å². The van der Waals surface area contributed by atoms with Gasteiger partial charge in [-0.25, -0.2) is 15.8 Å². The quantitative estimate of drug-likeness (QED) is 0.634. The molecule has 0 aliphatic carbocycles. The molecule has 1 aromatic heterocycles. The molecule has 0 radical (unpaired) electrons. The summed E-state index contributed by atoms with van der Waals surface area (Å²) < 4.78 is 0. The molecule has 2 rings (SSSR count). The summed E-state index contributed by atoms with van der Waals surface area (Å²) in [5.74, 6) is 9.14. The number of aromatic nitrogens is 2. The lowest BCUT2D eigenvalue weighted by Crippen LogP contribution is -2.33. The van der Waals surface area contributed by atoms with Gasteiger partial charge in [-0.3, -0.25) is 0 Å². The van der Waals surface area contributed by atoms with Gasteiger partial charge in [0, 0.05) is 25.1 Å². The molecule has 0 spiro atoms. The number of anilines is 2. The van der Waals surface area contributed by atoms with Crippen LogP contribution in [-0.4, -0.2) is 23.1 Å². The molecule has 5 nitrogen and oxygen atoms in total. The maximum Gasteiger partial charge on any atom is 0.145 e. The number of nitrogens with zero attached hydrogens (tertiary/aromatic N) is 3. The Labute approximate surface area is 109 Å². The first kappa shape index (κ1) is 13.1. The molecule has 0 amide bonds. The summed E-state index contributed by atoms with van der Waals surface area (Å²) in [6, 6.07) is 1.93. The molecule has 3 N–H and O–H groups in total. The Bertz CT molecular complexity index is 396. The molecule has 1 fully saturated rings. The van der Waals surface area contributed by atoms with E-state index in [1.807, 2.05) is 6.07 Å². The number of piperidine rings is 1. The fraction of sp³-hybridized carbons (Fsp3) is 0.692. The van der Waals surface area contributed by atoms with E-state index in [1.54, 1.807) is 0 Å². The molecule has 1 aliphatic heterocycles. The fourth-order valence-corrected chi connectivity index (χ4v) is 2.18. The highest BCUT2D eigenvalue weighted by molar-refractivity contribution is 5.49. The minimum atomic E-state index is 0.306. The third kappa shape index (κ3) is 2.90. The Morgan fingerprint density at radius 2 is 2.00 bits per heavy atom. The van der Waals surface area contributed by atoms with Crippen molar-refractivity contribution in [3.8, 4) is 0 Å². The van der Waals surface area contributed by atoms with Gasteiger partial charge in [-0.2, -0.15) is 0 Å². The van der Waals surface area contributed by atoms with Crippen molar-refractivity contribution >= 4 is 11.6 Å². The maximum atomic E-state index is 5.48. The molecule has 1 aromatic rings. The zero-order chi connectivity index (χ0) is 13.1. The number of hydrogen-bond acceptors (Lipinski definition) is 5. The molecule has 0 saturated carbocycles. The summed E-state index contributed by atoms with van der Waals surface area (Å²) in [6.07, 6.45) is 2.46. The average Bonchev–Trinajstić information content (AvgIpc) is 2.39. The first-order chi connectivity index (χ1) is 8.60. The largest absolute Gasteiger partial charge is 0.356 e.